The predicted molar refractivity (Wildman–Crippen MR) is 78.7 cm³/mol. The number of nitrogens with zero attached hydrogens (tertiary/aromatic N) is 2. The van der Waals surface area contributed by atoms with Gasteiger partial charge in [0, 0.05) is 9.26 Å². The highest BCUT2D eigenvalue weighted by Gasteiger charge is 2.09. The van der Waals surface area contributed by atoms with Crippen LogP contribution in [0.1, 0.15) is 0 Å². The van der Waals surface area contributed by atoms with Crippen LogP contribution in [0.4, 0.5) is 17.1 Å². The van der Waals surface area contributed by atoms with Crippen LogP contribution in [0.5, 0.6) is 0 Å². The SMILES string of the molecule is Nc1ccc(Nc2ccc(I)cc2)c2nonc12. The van der Waals surface area contributed by atoms with Crippen molar-refractivity contribution < 1.29 is 4.63 Å². The van der Waals surface area contributed by atoms with E-state index in [0.717, 1.165) is 11.4 Å². The Morgan fingerprint density at radius 2 is 1.72 bits per heavy atom. The van der Waals surface area contributed by atoms with Crippen molar-refractivity contribution >= 4 is 50.7 Å². The molecular weight excluding hydrogens is 343 g/mol. The number of anilines is 3. The van der Waals surface area contributed by atoms with Crippen molar-refractivity contribution in [1.29, 1.82) is 0 Å². The second kappa shape index (κ2) is 4.45. The summed E-state index contributed by atoms with van der Waals surface area (Å²) in [5.74, 6) is 0. The number of hydrogen-bond donors (Lipinski definition) is 2. The van der Waals surface area contributed by atoms with E-state index < -0.39 is 0 Å². The molecule has 0 amide bonds. The van der Waals surface area contributed by atoms with E-state index in [-0.39, 0.29) is 0 Å². The quantitative estimate of drug-likeness (QED) is 0.547. The van der Waals surface area contributed by atoms with E-state index in [2.05, 4.69) is 38.2 Å². The number of rotatable bonds is 2. The Bertz CT molecular complexity index is 693. The van der Waals surface area contributed by atoms with E-state index in [1.54, 1.807) is 6.07 Å². The molecule has 1 heterocycles. The summed E-state index contributed by atoms with van der Waals surface area (Å²) in [6.07, 6.45) is 0. The van der Waals surface area contributed by atoms with Gasteiger partial charge in [-0.2, -0.15) is 0 Å². The zero-order valence-corrected chi connectivity index (χ0v) is 11.4. The fourth-order valence-corrected chi connectivity index (χ4v) is 2.03. The molecule has 3 rings (SSSR count). The van der Waals surface area contributed by atoms with Gasteiger partial charge in [0.15, 0.2) is 11.0 Å². The summed E-state index contributed by atoms with van der Waals surface area (Å²) in [7, 11) is 0. The van der Waals surface area contributed by atoms with E-state index in [4.69, 9.17) is 10.4 Å². The van der Waals surface area contributed by atoms with Gasteiger partial charge in [-0.3, -0.25) is 0 Å². The van der Waals surface area contributed by atoms with Gasteiger partial charge in [0.25, 0.3) is 0 Å². The lowest BCUT2D eigenvalue weighted by Gasteiger charge is -2.06. The van der Waals surface area contributed by atoms with Gasteiger partial charge >= 0.3 is 0 Å². The number of nitrogens with one attached hydrogen (secondary N) is 1. The van der Waals surface area contributed by atoms with Gasteiger partial charge in [-0.25, -0.2) is 4.63 Å². The first-order chi connectivity index (χ1) is 8.74. The van der Waals surface area contributed by atoms with Gasteiger partial charge in [-0.1, -0.05) is 0 Å². The molecule has 3 N–H and O–H groups in total. The second-order valence-electron chi connectivity index (χ2n) is 3.80. The van der Waals surface area contributed by atoms with E-state index >= 15 is 0 Å². The summed E-state index contributed by atoms with van der Waals surface area (Å²) < 4.78 is 5.91. The van der Waals surface area contributed by atoms with Gasteiger partial charge in [-0.15, -0.1) is 0 Å². The van der Waals surface area contributed by atoms with Crippen molar-refractivity contribution in [3.63, 3.8) is 0 Å². The van der Waals surface area contributed by atoms with Crippen molar-refractivity contribution in [3.05, 3.63) is 40.0 Å². The third-order valence-corrected chi connectivity index (χ3v) is 3.29. The number of benzene rings is 2. The standard InChI is InChI=1S/C12H9IN4O/c13-7-1-3-8(4-2-7)15-10-6-5-9(14)11-12(10)17-18-16-11/h1-6,15H,14H2. The monoisotopic (exact) mass is 352 g/mol. The lowest BCUT2D eigenvalue weighted by molar-refractivity contribution is 0.316. The van der Waals surface area contributed by atoms with Crippen LogP contribution in [0, 0.1) is 3.57 Å². The van der Waals surface area contributed by atoms with E-state index in [1.807, 2.05) is 30.3 Å². The van der Waals surface area contributed by atoms with Crippen LogP contribution in [0.2, 0.25) is 0 Å². The van der Waals surface area contributed by atoms with Crippen molar-refractivity contribution in [2.45, 2.75) is 0 Å². The summed E-state index contributed by atoms with van der Waals surface area (Å²) in [5.41, 5.74) is 9.35. The first-order valence-corrected chi connectivity index (χ1v) is 6.35. The fraction of sp³-hybridized carbons (Fsp3) is 0. The number of aromatic nitrogens is 2. The Balaban J connectivity index is 2.02. The lowest BCUT2D eigenvalue weighted by atomic mass is 10.2. The van der Waals surface area contributed by atoms with Crippen molar-refractivity contribution in [1.82, 2.24) is 10.3 Å². The lowest BCUT2D eigenvalue weighted by Crippen LogP contribution is -1.94. The fourth-order valence-electron chi connectivity index (χ4n) is 1.68. The summed E-state index contributed by atoms with van der Waals surface area (Å²) >= 11 is 2.26. The maximum Gasteiger partial charge on any atom is 0.160 e. The van der Waals surface area contributed by atoms with Crippen LogP contribution < -0.4 is 11.1 Å². The molecule has 1 aromatic heterocycles. The molecule has 2 aromatic carbocycles. The highest BCUT2D eigenvalue weighted by Crippen LogP contribution is 2.27. The average Bonchev–Trinajstić information content (AvgIpc) is 2.86. The number of halogens is 1. The molecule has 0 aliphatic heterocycles. The summed E-state index contributed by atoms with van der Waals surface area (Å²) in [6.45, 7) is 0. The molecule has 0 bridgehead atoms. The van der Waals surface area contributed by atoms with Gasteiger partial charge in [-0.05, 0) is 69.3 Å². The Labute approximate surface area is 116 Å². The van der Waals surface area contributed by atoms with E-state index in [1.165, 1.54) is 3.57 Å². The molecule has 0 aliphatic carbocycles. The number of fused-ring (bicyclic) bond motifs is 1. The maximum atomic E-state index is 5.79. The summed E-state index contributed by atoms with van der Waals surface area (Å²) in [5, 5.41) is 10.9. The molecule has 0 unspecified atom stereocenters. The molecule has 90 valence electrons. The largest absolute Gasteiger partial charge is 0.397 e. The number of hydrogen-bond acceptors (Lipinski definition) is 5. The molecule has 0 aliphatic rings. The van der Waals surface area contributed by atoms with Crippen molar-refractivity contribution in [3.8, 4) is 0 Å². The molecule has 3 aromatic rings. The molecule has 18 heavy (non-hydrogen) atoms. The molecule has 0 spiro atoms. The van der Waals surface area contributed by atoms with Crippen LogP contribution in [0.25, 0.3) is 11.0 Å². The first kappa shape index (κ1) is 11.3. The van der Waals surface area contributed by atoms with Crippen molar-refractivity contribution in [2.24, 2.45) is 0 Å². The summed E-state index contributed by atoms with van der Waals surface area (Å²) in [6, 6.07) is 11.7. The van der Waals surface area contributed by atoms with Gasteiger partial charge in [0.1, 0.15) is 0 Å². The predicted octanol–water partition coefficient (Wildman–Crippen LogP) is 3.15. The molecule has 0 fully saturated rings. The van der Waals surface area contributed by atoms with Crippen LogP contribution in [-0.4, -0.2) is 10.3 Å². The molecule has 0 atom stereocenters. The highest BCUT2D eigenvalue weighted by molar-refractivity contribution is 14.1. The Morgan fingerprint density at radius 3 is 2.50 bits per heavy atom. The van der Waals surface area contributed by atoms with E-state index in [0.29, 0.717) is 16.7 Å². The van der Waals surface area contributed by atoms with Gasteiger partial charge in [0.05, 0.1) is 11.4 Å². The third-order valence-electron chi connectivity index (χ3n) is 2.57. The minimum absolute atomic E-state index is 0.555. The molecule has 0 saturated heterocycles. The third kappa shape index (κ3) is 1.99. The topological polar surface area (TPSA) is 77.0 Å². The molecule has 5 nitrogen and oxygen atoms in total. The van der Waals surface area contributed by atoms with Crippen LogP contribution >= 0.6 is 22.6 Å². The maximum absolute atomic E-state index is 5.79. The molecule has 6 heteroatoms. The molecule has 0 radical (unpaired) electrons. The van der Waals surface area contributed by atoms with Crippen molar-refractivity contribution in [2.75, 3.05) is 11.1 Å². The minimum atomic E-state index is 0.555. The first-order valence-electron chi connectivity index (χ1n) is 5.27. The Morgan fingerprint density at radius 1 is 1.00 bits per heavy atom. The normalized spacial score (nSPS) is 10.7. The van der Waals surface area contributed by atoms with E-state index in [9.17, 15) is 0 Å². The molecule has 0 saturated carbocycles. The van der Waals surface area contributed by atoms with Crippen LogP contribution in [0.3, 0.4) is 0 Å². The minimum Gasteiger partial charge on any atom is -0.397 e. The van der Waals surface area contributed by atoms with Crippen LogP contribution in [0.15, 0.2) is 41.0 Å². The summed E-state index contributed by atoms with van der Waals surface area (Å²) in [4.78, 5) is 0. The number of nitrogens with two attached hydrogens (primary N) is 1. The average molecular weight is 352 g/mol. The smallest absolute Gasteiger partial charge is 0.160 e. The second-order valence-corrected chi connectivity index (χ2v) is 5.04. The Kier molecular flexibility index (Phi) is 2.78. The highest BCUT2D eigenvalue weighted by atomic mass is 127. The van der Waals surface area contributed by atoms with Crippen LogP contribution in [-0.2, 0) is 0 Å². The number of nitrogen functional groups attached to an aromatic ring is 1. The Hall–Kier alpha value is -1.83. The zero-order chi connectivity index (χ0) is 12.5. The van der Waals surface area contributed by atoms with Gasteiger partial charge in [0.2, 0.25) is 0 Å². The zero-order valence-electron chi connectivity index (χ0n) is 9.22. The molecular formula is C12H9IN4O. The van der Waals surface area contributed by atoms with Gasteiger partial charge < -0.3 is 11.1 Å².